The number of nitrogens with one attached hydrogen (secondary N) is 2. The number of unbranched alkanes of at least 4 members (excludes halogenated alkanes) is 2. The third-order valence-corrected chi connectivity index (χ3v) is 2.60. The second-order valence-electron chi connectivity index (χ2n) is 4.22. The van der Waals surface area contributed by atoms with Crippen LogP contribution >= 0.6 is 0 Å². The molecule has 0 aromatic heterocycles. The molecule has 1 rings (SSSR count). The predicted octanol–water partition coefficient (Wildman–Crippen LogP) is 2.92. The van der Waals surface area contributed by atoms with E-state index in [1.54, 1.807) is 0 Å². The van der Waals surface area contributed by atoms with Crippen molar-refractivity contribution in [2.45, 2.75) is 39.7 Å². The molecule has 0 aliphatic carbocycles. The molecule has 94 valence electrons. The van der Waals surface area contributed by atoms with E-state index >= 15 is 0 Å². The van der Waals surface area contributed by atoms with E-state index in [1.807, 2.05) is 24.3 Å². The van der Waals surface area contributed by atoms with Crippen LogP contribution in [0.5, 0.6) is 0 Å². The zero-order valence-corrected chi connectivity index (χ0v) is 10.8. The Morgan fingerprint density at radius 3 is 2.71 bits per heavy atom. The number of amides is 1. The predicted molar refractivity (Wildman–Crippen MR) is 72.0 cm³/mol. The summed E-state index contributed by atoms with van der Waals surface area (Å²) >= 11 is 0. The van der Waals surface area contributed by atoms with Crippen molar-refractivity contribution in [3.63, 3.8) is 0 Å². The van der Waals surface area contributed by atoms with Crippen LogP contribution in [0.1, 0.15) is 38.7 Å². The van der Waals surface area contributed by atoms with E-state index in [2.05, 4.69) is 17.6 Å². The summed E-state index contributed by atoms with van der Waals surface area (Å²) in [5.41, 5.74) is 2.04. The lowest BCUT2D eigenvalue weighted by molar-refractivity contribution is -0.114. The minimum absolute atomic E-state index is 0.0246. The maximum absolute atomic E-state index is 11.0. The molecule has 0 bridgehead atoms. The van der Waals surface area contributed by atoms with E-state index in [4.69, 9.17) is 0 Å². The van der Waals surface area contributed by atoms with Crippen LogP contribution in [0.25, 0.3) is 0 Å². The van der Waals surface area contributed by atoms with Crippen molar-refractivity contribution in [2.24, 2.45) is 0 Å². The average Bonchev–Trinajstić information content (AvgIpc) is 2.30. The molecule has 0 radical (unpaired) electrons. The van der Waals surface area contributed by atoms with Crippen molar-refractivity contribution >= 4 is 11.6 Å². The van der Waals surface area contributed by atoms with E-state index in [9.17, 15) is 4.79 Å². The Bertz CT molecular complexity index is 350. The van der Waals surface area contributed by atoms with Crippen LogP contribution in [0, 0.1) is 0 Å². The van der Waals surface area contributed by atoms with Crippen molar-refractivity contribution in [1.82, 2.24) is 5.32 Å². The van der Waals surface area contributed by atoms with Crippen molar-refractivity contribution in [1.29, 1.82) is 0 Å². The van der Waals surface area contributed by atoms with Crippen LogP contribution < -0.4 is 10.6 Å². The molecule has 0 unspecified atom stereocenters. The van der Waals surface area contributed by atoms with Crippen LogP contribution in [0.4, 0.5) is 5.69 Å². The zero-order valence-electron chi connectivity index (χ0n) is 10.8. The first-order valence-corrected chi connectivity index (χ1v) is 6.30. The van der Waals surface area contributed by atoms with Crippen LogP contribution in [0.3, 0.4) is 0 Å². The van der Waals surface area contributed by atoms with Crippen molar-refractivity contribution in [2.75, 3.05) is 11.9 Å². The Labute approximate surface area is 104 Å². The molecule has 1 aromatic carbocycles. The largest absolute Gasteiger partial charge is 0.326 e. The van der Waals surface area contributed by atoms with Gasteiger partial charge in [-0.25, -0.2) is 0 Å². The quantitative estimate of drug-likeness (QED) is 0.712. The number of para-hydroxylation sites is 1. The van der Waals surface area contributed by atoms with Crippen LogP contribution in [-0.4, -0.2) is 12.5 Å². The van der Waals surface area contributed by atoms with Gasteiger partial charge in [0.15, 0.2) is 0 Å². The molecule has 3 heteroatoms. The lowest BCUT2D eigenvalue weighted by atomic mass is 10.1. The first-order valence-electron chi connectivity index (χ1n) is 6.30. The number of carbonyl (C=O) groups excluding carboxylic acids is 1. The van der Waals surface area contributed by atoms with E-state index < -0.39 is 0 Å². The highest BCUT2D eigenvalue weighted by atomic mass is 16.1. The topological polar surface area (TPSA) is 41.1 Å². The average molecular weight is 234 g/mol. The molecular formula is C14H22N2O. The van der Waals surface area contributed by atoms with E-state index in [1.165, 1.54) is 26.2 Å². The second kappa shape index (κ2) is 7.85. The Morgan fingerprint density at radius 2 is 2.00 bits per heavy atom. The van der Waals surface area contributed by atoms with Crippen molar-refractivity contribution in [3.05, 3.63) is 29.8 Å². The smallest absolute Gasteiger partial charge is 0.221 e. The Balaban J connectivity index is 2.43. The van der Waals surface area contributed by atoms with Gasteiger partial charge in [0.2, 0.25) is 5.91 Å². The molecule has 2 N–H and O–H groups in total. The van der Waals surface area contributed by atoms with Gasteiger partial charge < -0.3 is 10.6 Å². The molecule has 1 amide bonds. The molecular weight excluding hydrogens is 212 g/mol. The summed E-state index contributed by atoms with van der Waals surface area (Å²) in [5, 5.41) is 6.25. The zero-order chi connectivity index (χ0) is 12.5. The summed E-state index contributed by atoms with van der Waals surface area (Å²) in [7, 11) is 0. The van der Waals surface area contributed by atoms with Gasteiger partial charge in [0.1, 0.15) is 0 Å². The third-order valence-electron chi connectivity index (χ3n) is 2.60. The third kappa shape index (κ3) is 5.50. The normalized spacial score (nSPS) is 10.2. The molecule has 0 aliphatic rings. The molecule has 1 aromatic rings. The minimum atomic E-state index is -0.0246. The standard InChI is InChI=1S/C14H22N2O/c1-3-4-7-10-15-11-13-8-5-6-9-14(13)16-12(2)17/h5-6,8-9,15H,3-4,7,10-11H2,1-2H3,(H,16,17). The Kier molecular flexibility index (Phi) is 6.33. The van der Waals surface area contributed by atoms with Gasteiger partial charge in [-0.2, -0.15) is 0 Å². The molecule has 0 atom stereocenters. The molecule has 0 saturated heterocycles. The highest BCUT2D eigenvalue weighted by Crippen LogP contribution is 2.14. The van der Waals surface area contributed by atoms with Gasteiger partial charge in [0.05, 0.1) is 0 Å². The molecule has 0 aliphatic heterocycles. The monoisotopic (exact) mass is 234 g/mol. The van der Waals surface area contributed by atoms with Crippen LogP contribution in [0.2, 0.25) is 0 Å². The lowest BCUT2D eigenvalue weighted by Gasteiger charge is -2.10. The fourth-order valence-corrected chi connectivity index (χ4v) is 1.71. The lowest BCUT2D eigenvalue weighted by Crippen LogP contribution is -2.17. The first-order chi connectivity index (χ1) is 8.24. The van der Waals surface area contributed by atoms with E-state index in [-0.39, 0.29) is 5.91 Å². The Hall–Kier alpha value is -1.35. The summed E-state index contributed by atoms with van der Waals surface area (Å²) in [5.74, 6) is -0.0246. The maximum Gasteiger partial charge on any atom is 0.221 e. The molecule has 0 spiro atoms. The highest BCUT2D eigenvalue weighted by molar-refractivity contribution is 5.89. The van der Waals surface area contributed by atoms with Gasteiger partial charge in [-0.1, -0.05) is 38.0 Å². The van der Waals surface area contributed by atoms with Gasteiger partial charge in [0, 0.05) is 19.2 Å². The molecule has 0 saturated carbocycles. The fourth-order valence-electron chi connectivity index (χ4n) is 1.71. The minimum Gasteiger partial charge on any atom is -0.326 e. The summed E-state index contributed by atoms with van der Waals surface area (Å²) in [6.45, 7) is 5.57. The number of rotatable bonds is 7. The van der Waals surface area contributed by atoms with Gasteiger partial charge in [0.25, 0.3) is 0 Å². The number of hydrogen-bond acceptors (Lipinski definition) is 2. The molecule has 17 heavy (non-hydrogen) atoms. The number of anilines is 1. The molecule has 3 nitrogen and oxygen atoms in total. The first kappa shape index (κ1) is 13.7. The van der Waals surface area contributed by atoms with Gasteiger partial charge in [-0.15, -0.1) is 0 Å². The fraction of sp³-hybridized carbons (Fsp3) is 0.500. The van der Waals surface area contributed by atoms with Crippen LogP contribution in [0.15, 0.2) is 24.3 Å². The number of hydrogen-bond donors (Lipinski definition) is 2. The van der Waals surface area contributed by atoms with E-state index in [0.717, 1.165) is 24.3 Å². The maximum atomic E-state index is 11.0. The SMILES string of the molecule is CCCCCNCc1ccccc1NC(C)=O. The Morgan fingerprint density at radius 1 is 1.24 bits per heavy atom. The van der Waals surface area contributed by atoms with Crippen molar-refractivity contribution in [3.8, 4) is 0 Å². The summed E-state index contributed by atoms with van der Waals surface area (Å²) in [6, 6.07) is 7.91. The van der Waals surface area contributed by atoms with Gasteiger partial charge >= 0.3 is 0 Å². The van der Waals surface area contributed by atoms with Crippen molar-refractivity contribution < 1.29 is 4.79 Å². The highest BCUT2D eigenvalue weighted by Gasteiger charge is 2.02. The van der Waals surface area contributed by atoms with Gasteiger partial charge in [-0.05, 0) is 24.6 Å². The number of carbonyl (C=O) groups is 1. The van der Waals surface area contributed by atoms with E-state index in [0.29, 0.717) is 0 Å². The summed E-state index contributed by atoms with van der Waals surface area (Å²) in [4.78, 5) is 11.0. The molecule has 0 fully saturated rings. The number of benzene rings is 1. The summed E-state index contributed by atoms with van der Waals surface area (Å²) in [6.07, 6.45) is 3.71. The molecule has 0 heterocycles. The van der Waals surface area contributed by atoms with Crippen LogP contribution in [-0.2, 0) is 11.3 Å². The summed E-state index contributed by atoms with van der Waals surface area (Å²) < 4.78 is 0. The van der Waals surface area contributed by atoms with Gasteiger partial charge in [-0.3, -0.25) is 4.79 Å². The second-order valence-corrected chi connectivity index (χ2v) is 4.22.